The highest BCUT2D eigenvalue weighted by molar-refractivity contribution is 5.72. The van der Waals surface area contributed by atoms with E-state index in [1.54, 1.807) is 0 Å². The van der Waals surface area contributed by atoms with Crippen LogP contribution in [0.4, 0.5) is 0 Å². The van der Waals surface area contributed by atoms with E-state index in [9.17, 15) is 4.79 Å². The Bertz CT molecular complexity index is 280. The summed E-state index contributed by atoms with van der Waals surface area (Å²) in [5, 5.41) is 0. The average molecular weight is 268 g/mol. The summed E-state index contributed by atoms with van der Waals surface area (Å²) in [5.74, 6) is 0.206. The molecule has 2 aliphatic rings. The molecule has 4 heteroatoms. The summed E-state index contributed by atoms with van der Waals surface area (Å²) in [6.45, 7) is 10.8. The summed E-state index contributed by atoms with van der Waals surface area (Å²) in [6.07, 6.45) is 4.13. The predicted octanol–water partition coefficient (Wildman–Crippen LogP) is 1.75. The van der Waals surface area contributed by atoms with E-state index in [4.69, 9.17) is 4.74 Å². The molecule has 2 aliphatic heterocycles. The molecule has 2 fully saturated rings. The second-order valence-corrected chi connectivity index (χ2v) is 5.78. The Morgan fingerprint density at radius 3 is 1.89 bits per heavy atom. The van der Waals surface area contributed by atoms with Crippen molar-refractivity contribution in [1.29, 1.82) is 0 Å². The van der Waals surface area contributed by atoms with Crippen molar-refractivity contribution in [3.05, 3.63) is 0 Å². The van der Waals surface area contributed by atoms with Crippen molar-refractivity contribution < 1.29 is 9.53 Å². The molecule has 2 saturated heterocycles. The summed E-state index contributed by atoms with van der Waals surface area (Å²) in [5.41, 5.74) is 0. The van der Waals surface area contributed by atoms with Crippen LogP contribution in [0.3, 0.4) is 0 Å². The SMILES string of the molecule is CCN1CCC(OC(=O)C2CCN(CC)CC2)CC1. The molecule has 0 atom stereocenters. The van der Waals surface area contributed by atoms with E-state index in [1.165, 1.54) is 0 Å². The van der Waals surface area contributed by atoms with E-state index in [0.29, 0.717) is 0 Å². The molecule has 2 heterocycles. The van der Waals surface area contributed by atoms with Gasteiger partial charge in [-0.05, 0) is 51.9 Å². The van der Waals surface area contributed by atoms with E-state index in [-0.39, 0.29) is 18.0 Å². The van der Waals surface area contributed by atoms with Gasteiger partial charge in [0.2, 0.25) is 0 Å². The minimum absolute atomic E-state index is 0.0608. The Kier molecular flexibility index (Phi) is 5.64. The lowest BCUT2D eigenvalue weighted by molar-refractivity contribution is -0.157. The molecule has 0 radical (unpaired) electrons. The molecule has 19 heavy (non-hydrogen) atoms. The van der Waals surface area contributed by atoms with Crippen LogP contribution in [0.25, 0.3) is 0 Å². The number of hydrogen-bond donors (Lipinski definition) is 0. The number of nitrogens with zero attached hydrogens (tertiary/aromatic N) is 2. The van der Waals surface area contributed by atoms with E-state index in [0.717, 1.165) is 65.0 Å². The monoisotopic (exact) mass is 268 g/mol. The summed E-state index contributed by atoms with van der Waals surface area (Å²) in [7, 11) is 0. The van der Waals surface area contributed by atoms with Crippen molar-refractivity contribution in [3.8, 4) is 0 Å². The van der Waals surface area contributed by atoms with Gasteiger partial charge >= 0.3 is 5.97 Å². The molecule has 0 aromatic heterocycles. The van der Waals surface area contributed by atoms with Crippen molar-refractivity contribution in [2.45, 2.75) is 45.6 Å². The minimum atomic E-state index is 0.0608. The van der Waals surface area contributed by atoms with Crippen LogP contribution in [0.5, 0.6) is 0 Å². The van der Waals surface area contributed by atoms with Crippen LogP contribution in [0.15, 0.2) is 0 Å². The fourth-order valence-corrected chi connectivity index (χ4v) is 3.09. The van der Waals surface area contributed by atoms with Gasteiger partial charge in [0.1, 0.15) is 6.10 Å². The van der Waals surface area contributed by atoms with E-state index >= 15 is 0 Å². The lowest BCUT2D eigenvalue weighted by Crippen LogP contribution is -2.40. The maximum atomic E-state index is 12.2. The fraction of sp³-hybridized carbons (Fsp3) is 0.933. The third-order valence-corrected chi connectivity index (χ3v) is 4.63. The lowest BCUT2D eigenvalue weighted by Gasteiger charge is -2.33. The average Bonchev–Trinajstić information content (AvgIpc) is 2.48. The van der Waals surface area contributed by atoms with Gasteiger partial charge in [0.25, 0.3) is 0 Å². The molecule has 0 N–H and O–H groups in total. The highest BCUT2D eigenvalue weighted by Crippen LogP contribution is 2.21. The first-order valence-electron chi connectivity index (χ1n) is 7.88. The van der Waals surface area contributed by atoms with Gasteiger partial charge in [-0.25, -0.2) is 0 Å². The maximum Gasteiger partial charge on any atom is 0.309 e. The predicted molar refractivity (Wildman–Crippen MR) is 76.1 cm³/mol. The van der Waals surface area contributed by atoms with Crippen LogP contribution < -0.4 is 0 Å². The second kappa shape index (κ2) is 7.25. The number of piperidine rings is 2. The van der Waals surface area contributed by atoms with Gasteiger partial charge in [-0.3, -0.25) is 4.79 Å². The first kappa shape index (κ1) is 14.8. The van der Waals surface area contributed by atoms with Crippen molar-refractivity contribution in [1.82, 2.24) is 9.80 Å². The summed E-state index contributed by atoms with van der Waals surface area (Å²) in [4.78, 5) is 17.0. The number of esters is 1. The second-order valence-electron chi connectivity index (χ2n) is 5.78. The smallest absolute Gasteiger partial charge is 0.309 e. The topological polar surface area (TPSA) is 32.8 Å². The summed E-state index contributed by atoms with van der Waals surface area (Å²) >= 11 is 0. The van der Waals surface area contributed by atoms with E-state index in [2.05, 4.69) is 23.6 Å². The normalized spacial score (nSPS) is 24.5. The van der Waals surface area contributed by atoms with Gasteiger partial charge in [-0.2, -0.15) is 0 Å². The van der Waals surface area contributed by atoms with Gasteiger partial charge < -0.3 is 14.5 Å². The maximum absolute atomic E-state index is 12.2. The number of hydrogen-bond acceptors (Lipinski definition) is 4. The Hall–Kier alpha value is -0.610. The molecule has 4 nitrogen and oxygen atoms in total. The largest absolute Gasteiger partial charge is 0.462 e. The molecule has 0 amide bonds. The molecule has 0 saturated carbocycles. The molecular formula is C15H28N2O2. The number of ether oxygens (including phenoxy) is 1. The molecule has 0 aliphatic carbocycles. The zero-order chi connectivity index (χ0) is 13.7. The third-order valence-electron chi connectivity index (χ3n) is 4.63. The van der Waals surface area contributed by atoms with Gasteiger partial charge in [0.05, 0.1) is 5.92 Å². The zero-order valence-corrected chi connectivity index (χ0v) is 12.4. The molecule has 0 bridgehead atoms. The van der Waals surface area contributed by atoms with Crippen LogP contribution >= 0.6 is 0 Å². The Morgan fingerprint density at radius 2 is 1.42 bits per heavy atom. The Labute approximate surface area is 117 Å². The highest BCUT2D eigenvalue weighted by atomic mass is 16.5. The van der Waals surface area contributed by atoms with Crippen LogP contribution in [-0.4, -0.2) is 61.1 Å². The molecule has 0 aromatic carbocycles. The molecule has 0 unspecified atom stereocenters. The van der Waals surface area contributed by atoms with Crippen molar-refractivity contribution >= 4 is 5.97 Å². The zero-order valence-electron chi connectivity index (χ0n) is 12.4. The van der Waals surface area contributed by atoms with Crippen molar-refractivity contribution in [2.75, 3.05) is 39.3 Å². The first-order chi connectivity index (χ1) is 9.22. The Morgan fingerprint density at radius 1 is 0.947 bits per heavy atom. The van der Waals surface area contributed by atoms with Gasteiger partial charge in [0.15, 0.2) is 0 Å². The molecule has 110 valence electrons. The van der Waals surface area contributed by atoms with Crippen LogP contribution in [-0.2, 0) is 9.53 Å². The first-order valence-corrected chi connectivity index (χ1v) is 7.88. The number of carbonyl (C=O) groups is 1. The molecule has 2 rings (SSSR count). The molecular weight excluding hydrogens is 240 g/mol. The standard InChI is InChI=1S/C15H28N2O2/c1-3-16-9-5-13(6-10-16)15(18)19-14-7-11-17(4-2)12-8-14/h13-14H,3-12H2,1-2H3. The van der Waals surface area contributed by atoms with Crippen LogP contribution in [0, 0.1) is 5.92 Å². The quantitative estimate of drug-likeness (QED) is 0.727. The third kappa shape index (κ3) is 4.18. The Balaban J connectivity index is 1.70. The van der Waals surface area contributed by atoms with Crippen LogP contribution in [0.2, 0.25) is 0 Å². The highest BCUT2D eigenvalue weighted by Gasteiger charge is 2.28. The lowest BCUT2D eigenvalue weighted by atomic mass is 9.97. The molecule has 0 aromatic rings. The number of carbonyl (C=O) groups excluding carboxylic acids is 1. The van der Waals surface area contributed by atoms with Gasteiger partial charge in [0, 0.05) is 13.1 Å². The van der Waals surface area contributed by atoms with Gasteiger partial charge in [-0.1, -0.05) is 13.8 Å². The minimum Gasteiger partial charge on any atom is -0.462 e. The van der Waals surface area contributed by atoms with E-state index in [1.807, 2.05) is 0 Å². The molecule has 0 spiro atoms. The van der Waals surface area contributed by atoms with Crippen LogP contribution in [0.1, 0.15) is 39.5 Å². The van der Waals surface area contributed by atoms with E-state index < -0.39 is 0 Å². The van der Waals surface area contributed by atoms with Gasteiger partial charge in [-0.15, -0.1) is 0 Å². The van der Waals surface area contributed by atoms with Crippen molar-refractivity contribution in [2.24, 2.45) is 5.92 Å². The number of likely N-dealkylation sites (tertiary alicyclic amines) is 2. The summed E-state index contributed by atoms with van der Waals surface area (Å²) < 4.78 is 5.71. The fourth-order valence-electron chi connectivity index (χ4n) is 3.09. The summed E-state index contributed by atoms with van der Waals surface area (Å²) in [6, 6.07) is 0. The number of rotatable bonds is 4. The van der Waals surface area contributed by atoms with Crippen molar-refractivity contribution in [3.63, 3.8) is 0 Å².